The summed E-state index contributed by atoms with van der Waals surface area (Å²) in [6.07, 6.45) is -69.1. The average molecular weight is 1190 g/mol. The molecule has 37 heteroatoms. The molecule has 7 saturated heterocycles. The first kappa shape index (κ1) is 66.6. The number of aliphatic hydroxyl groups excluding tert-OH is 22. The van der Waals surface area contributed by atoms with E-state index in [4.69, 9.17) is 61.6 Å². The highest BCUT2D eigenvalue weighted by Gasteiger charge is 2.59. The average Bonchev–Trinajstić information content (AvgIpc) is 3.64. The van der Waals surface area contributed by atoms with Crippen LogP contribution in [0.15, 0.2) is 0 Å². The number of hydrogen-bond acceptors (Lipinski definition) is 36. The highest BCUT2D eigenvalue weighted by atomic mass is 16.8. The predicted octanol–water partition coefficient (Wildman–Crippen LogP) is -16.1. The maximum atomic E-state index is 12.0. The molecule has 0 aromatic rings. The Morgan fingerprint density at radius 3 is 1.09 bits per heavy atom. The smallest absolute Gasteiger partial charge is 0.217 e. The number of rotatable bonds is 20. The number of carbonyl (C=O) groups excluding carboxylic acids is 1. The SMILES string of the molecule is CC(=O)N[C@@H]1C(O)O[C@H](CO)[C@@H](O[C@@H]2O[C@H](CO[C@H]3O[C@H](CO)[C@@H](O)[C@H](O)[C@@H]3O)[C@@H](O)[C@H](O[C@H]3O[C@H](CO)[C@@H](O)[C@H](O)[C@@H]3O[C@H]3O[C@H](CO)[C@@H](O)[C@H](O)[C@@H]3O[C@H]3O[C@H](CO)[C@@H](O)[C@H](O[C@H]4O[C@H](CO)[C@@H](O)[C@H](O)[C@H]4O)[C@@H]3O)[C@@H]2O)[C@@H]1O. The highest BCUT2D eigenvalue weighted by molar-refractivity contribution is 5.73. The lowest BCUT2D eigenvalue weighted by molar-refractivity contribution is -0.410. The van der Waals surface area contributed by atoms with Crippen LogP contribution in [-0.2, 0) is 66.4 Å². The van der Waals surface area contributed by atoms with Crippen molar-refractivity contribution in [3.63, 3.8) is 0 Å². The van der Waals surface area contributed by atoms with Crippen molar-refractivity contribution in [3.05, 3.63) is 0 Å². The van der Waals surface area contributed by atoms with Gasteiger partial charge in [-0.1, -0.05) is 0 Å². The van der Waals surface area contributed by atoms with Gasteiger partial charge in [-0.05, 0) is 0 Å². The van der Waals surface area contributed by atoms with E-state index in [-0.39, 0.29) is 0 Å². The summed E-state index contributed by atoms with van der Waals surface area (Å²) in [5, 5.41) is 239. The van der Waals surface area contributed by atoms with Gasteiger partial charge in [-0.25, -0.2) is 0 Å². The monoisotopic (exact) mass is 1190 g/mol. The van der Waals surface area contributed by atoms with Gasteiger partial charge in [0.05, 0.1) is 46.2 Å². The molecule has 0 aromatic heterocycles. The van der Waals surface area contributed by atoms with E-state index in [9.17, 15) is 117 Å². The molecule has 0 aliphatic carbocycles. The van der Waals surface area contributed by atoms with Crippen LogP contribution in [0.5, 0.6) is 0 Å². The molecule has 7 aliphatic heterocycles. The van der Waals surface area contributed by atoms with Gasteiger partial charge in [0.1, 0.15) is 171 Å². The van der Waals surface area contributed by atoms with Crippen LogP contribution in [-0.4, -0.2) is 379 Å². The molecule has 7 fully saturated rings. The quantitative estimate of drug-likeness (QED) is 0.0538. The summed E-state index contributed by atoms with van der Waals surface area (Å²) in [6.45, 7) is -6.01. The predicted molar refractivity (Wildman–Crippen MR) is 243 cm³/mol. The number of amides is 1. The third-order valence-corrected chi connectivity index (χ3v) is 14.9. The molecule has 0 bridgehead atoms. The van der Waals surface area contributed by atoms with Crippen molar-refractivity contribution < 1.29 is 179 Å². The van der Waals surface area contributed by atoms with E-state index in [1.807, 2.05) is 0 Å². The Morgan fingerprint density at radius 1 is 0.321 bits per heavy atom. The van der Waals surface area contributed by atoms with Crippen molar-refractivity contribution in [2.75, 3.05) is 46.2 Å². The van der Waals surface area contributed by atoms with Gasteiger partial charge < -0.3 is 179 Å². The van der Waals surface area contributed by atoms with Gasteiger partial charge in [0, 0.05) is 6.92 Å². The van der Waals surface area contributed by atoms with Crippen LogP contribution in [0.25, 0.3) is 0 Å². The van der Waals surface area contributed by atoms with Crippen molar-refractivity contribution in [2.24, 2.45) is 0 Å². The van der Waals surface area contributed by atoms with Gasteiger partial charge in [-0.3, -0.25) is 4.79 Å². The fraction of sp³-hybridized carbons (Fsp3) is 0.977. The minimum Gasteiger partial charge on any atom is -0.394 e. The minimum atomic E-state index is -2.36. The Morgan fingerprint density at radius 2 is 0.642 bits per heavy atom. The Kier molecular flexibility index (Phi) is 23.6. The molecule has 37 nitrogen and oxygen atoms in total. The lowest BCUT2D eigenvalue weighted by Gasteiger charge is -2.50. The van der Waals surface area contributed by atoms with Crippen LogP contribution >= 0.6 is 0 Å². The molecule has 7 aliphatic rings. The molecule has 0 aromatic carbocycles. The molecule has 0 spiro atoms. The van der Waals surface area contributed by atoms with Crippen molar-refractivity contribution in [1.29, 1.82) is 0 Å². The van der Waals surface area contributed by atoms with E-state index in [0.29, 0.717) is 0 Å². The molecule has 1 amide bonds. The minimum absolute atomic E-state index is 0.783. The van der Waals surface area contributed by atoms with Crippen molar-refractivity contribution in [1.82, 2.24) is 5.32 Å². The summed E-state index contributed by atoms with van der Waals surface area (Å²) in [7, 11) is 0. The summed E-state index contributed by atoms with van der Waals surface area (Å²) in [4.78, 5) is 12.0. The third-order valence-electron chi connectivity index (χ3n) is 14.9. The number of carbonyl (C=O) groups is 1. The Balaban J connectivity index is 1.19. The van der Waals surface area contributed by atoms with Crippen molar-refractivity contribution in [3.8, 4) is 0 Å². The van der Waals surface area contributed by atoms with Gasteiger partial charge in [0.2, 0.25) is 5.91 Å². The fourth-order valence-corrected chi connectivity index (χ4v) is 10.3. The summed E-state index contributed by atoms with van der Waals surface area (Å²) in [6, 6.07) is -1.65. The zero-order valence-electron chi connectivity index (χ0n) is 42.7. The van der Waals surface area contributed by atoms with Gasteiger partial charge in [-0.15, -0.1) is 0 Å². The summed E-state index contributed by atoms with van der Waals surface area (Å²) < 4.78 is 74.1. The van der Waals surface area contributed by atoms with E-state index < -0.39 is 267 Å². The first-order valence-electron chi connectivity index (χ1n) is 25.6. The first-order chi connectivity index (χ1) is 38.3. The van der Waals surface area contributed by atoms with Gasteiger partial charge in [-0.2, -0.15) is 0 Å². The summed E-state index contributed by atoms with van der Waals surface area (Å²) >= 11 is 0. The van der Waals surface area contributed by atoms with Crippen LogP contribution < -0.4 is 5.32 Å². The van der Waals surface area contributed by atoms with E-state index in [1.54, 1.807) is 0 Å². The summed E-state index contributed by atoms with van der Waals surface area (Å²) in [5.74, 6) is -0.783. The molecule has 7 rings (SSSR count). The zero-order valence-corrected chi connectivity index (χ0v) is 42.7. The van der Waals surface area contributed by atoms with Gasteiger partial charge >= 0.3 is 0 Å². The zero-order chi connectivity index (χ0) is 59.6. The van der Waals surface area contributed by atoms with E-state index >= 15 is 0 Å². The Bertz CT molecular complexity index is 1940. The second-order valence-electron chi connectivity index (χ2n) is 20.3. The maximum absolute atomic E-state index is 12.0. The largest absolute Gasteiger partial charge is 0.394 e. The molecule has 81 heavy (non-hydrogen) atoms. The normalized spacial score (nSPS) is 51.9. The Hall–Kier alpha value is -1.93. The van der Waals surface area contributed by atoms with Gasteiger partial charge in [0.15, 0.2) is 44.0 Å². The number of nitrogens with one attached hydrogen (secondary N) is 1. The molecule has 472 valence electrons. The van der Waals surface area contributed by atoms with E-state index in [2.05, 4.69) is 5.32 Å². The van der Waals surface area contributed by atoms with Crippen molar-refractivity contribution in [2.45, 2.75) is 222 Å². The standard InChI is InChI=1S/C44H75NO36/c1-9(52)45-17-24(59)33(15(7-51)70-38(17)68)77-42-32(67)35(23(58)16(76-42)8-69-39-29(64)25(60)18(53)10(2-46)71-39)79-43-37(28(63)21(56)12(4-48)74-43)81-44-36(27(62)20(55)13(5-49)75-44)80-41-31(66)34(22(57)14(6-50)73-41)78-40-30(65)26(61)19(54)11(3-47)72-40/h10-44,46-51,53-68H,2-8H2,1H3,(H,45,52)/t10-,11-,12-,13-,14-,15-,16-,17+,18-,19-,20-,21-,22-,23-,24-,25+,26+,27+,28+,29+,30-,31+,32+,33-,34+,35+,36+,37+,38?,39+,40-,41-,42+,43-,44-/m1/s1. The van der Waals surface area contributed by atoms with Gasteiger partial charge in [0.25, 0.3) is 0 Å². The molecular formula is C44H75NO36. The Labute approximate surface area is 457 Å². The third kappa shape index (κ3) is 14.1. The number of ether oxygens (including phenoxy) is 13. The molecule has 1 unspecified atom stereocenters. The number of hydrogen-bond donors (Lipinski definition) is 23. The highest BCUT2D eigenvalue weighted by Crippen LogP contribution is 2.38. The molecular weight excluding hydrogens is 1120 g/mol. The van der Waals surface area contributed by atoms with Crippen LogP contribution in [0.2, 0.25) is 0 Å². The van der Waals surface area contributed by atoms with Crippen molar-refractivity contribution >= 4 is 5.91 Å². The number of aliphatic hydroxyl groups is 22. The maximum Gasteiger partial charge on any atom is 0.217 e. The fourth-order valence-electron chi connectivity index (χ4n) is 10.3. The van der Waals surface area contributed by atoms with Crippen LogP contribution in [0, 0.1) is 0 Å². The van der Waals surface area contributed by atoms with E-state index in [1.165, 1.54) is 0 Å². The van der Waals surface area contributed by atoms with E-state index in [0.717, 1.165) is 6.92 Å². The molecule has 35 atom stereocenters. The topological polar surface area (TPSA) is 594 Å². The second-order valence-corrected chi connectivity index (χ2v) is 20.3. The second kappa shape index (κ2) is 28.7. The van der Waals surface area contributed by atoms with Crippen LogP contribution in [0.3, 0.4) is 0 Å². The first-order valence-corrected chi connectivity index (χ1v) is 25.6. The molecule has 23 N–H and O–H groups in total. The van der Waals surface area contributed by atoms with Crippen LogP contribution in [0.1, 0.15) is 6.92 Å². The lowest BCUT2D eigenvalue weighted by Crippen LogP contribution is -2.69. The lowest BCUT2D eigenvalue weighted by atomic mass is 9.94. The summed E-state index contributed by atoms with van der Waals surface area (Å²) in [5.41, 5.74) is 0. The van der Waals surface area contributed by atoms with Crippen LogP contribution in [0.4, 0.5) is 0 Å². The molecule has 7 heterocycles. The molecule has 0 saturated carbocycles. The molecule has 0 radical (unpaired) electrons.